The fraction of sp³-hybridized carbons (Fsp3) is 0.562. The SMILES string of the molecule is CCOC(=O)Nc1ccc(CC(C)(CC)CC)cc1. The van der Waals surface area contributed by atoms with Crippen LogP contribution >= 0.6 is 0 Å². The maximum absolute atomic E-state index is 11.3. The zero-order valence-electron chi connectivity index (χ0n) is 12.5. The number of hydrogen-bond donors (Lipinski definition) is 1. The molecule has 0 unspecified atom stereocenters. The van der Waals surface area contributed by atoms with Gasteiger partial charge in [0.1, 0.15) is 0 Å². The standard InChI is InChI=1S/C16H25NO2/c1-5-16(4,6-2)12-13-8-10-14(11-9-13)17-15(18)19-7-3/h8-11H,5-7,12H2,1-4H3,(H,17,18). The van der Waals surface area contributed by atoms with Crippen LogP contribution in [-0.2, 0) is 11.2 Å². The van der Waals surface area contributed by atoms with Gasteiger partial charge in [-0.25, -0.2) is 4.79 Å². The molecule has 0 heterocycles. The number of benzene rings is 1. The molecule has 0 aromatic heterocycles. The summed E-state index contributed by atoms with van der Waals surface area (Å²) in [5.41, 5.74) is 2.44. The molecule has 1 amide bonds. The Morgan fingerprint density at radius 1 is 1.16 bits per heavy atom. The van der Waals surface area contributed by atoms with Crippen LogP contribution in [0.15, 0.2) is 24.3 Å². The van der Waals surface area contributed by atoms with Gasteiger partial charge in [-0.15, -0.1) is 0 Å². The fourth-order valence-corrected chi connectivity index (χ4v) is 1.98. The fourth-order valence-electron chi connectivity index (χ4n) is 1.98. The molecule has 0 atom stereocenters. The van der Waals surface area contributed by atoms with Gasteiger partial charge in [0, 0.05) is 5.69 Å². The van der Waals surface area contributed by atoms with Crippen LogP contribution in [0.5, 0.6) is 0 Å². The first-order valence-corrected chi connectivity index (χ1v) is 7.05. The quantitative estimate of drug-likeness (QED) is 0.813. The molecule has 1 aromatic carbocycles. The summed E-state index contributed by atoms with van der Waals surface area (Å²) in [5, 5.41) is 2.70. The highest BCUT2D eigenvalue weighted by Gasteiger charge is 2.19. The summed E-state index contributed by atoms with van der Waals surface area (Å²) < 4.78 is 4.84. The normalized spacial score (nSPS) is 11.2. The number of nitrogens with one attached hydrogen (secondary N) is 1. The predicted octanol–water partition coefficient (Wildman–Crippen LogP) is 4.62. The van der Waals surface area contributed by atoms with Crippen LogP contribution in [0.25, 0.3) is 0 Å². The molecule has 0 aliphatic rings. The highest BCUT2D eigenvalue weighted by Crippen LogP contribution is 2.30. The molecule has 1 N–H and O–H groups in total. The van der Waals surface area contributed by atoms with E-state index < -0.39 is 6.09 Å². The Morgan fingerprint density at radius 3 is 2.21 bits per heavy atom. The molecule has 1 rings (SSSR count). The van der Waals surface area contributed by atoms with E-state index >= 15 is 0 Å². The molecule has 3 heteroatoms. The molecule has 0 fully saturated rings. The summed E-state index contributed by atoms with van der Waals surface area (Å²) >= 11 is 0. The number of rotatable bonds is 6. The first kappa shape index (κ1) is 15.5. The summed E-state index contributed by atoms with van der Waals surface area (Å²) in [7, 11) is 0. The van der Waals surface area contributed by atoms with Crippen LogP contribution in [0.3, 0.4) is 0 Å². The second-order valence-electron chi connectivity index (χ2n) is 5.24. The van der Waals surface area contributed by atoms with E-state index in [2.05, 4.69) is 38.2 Å². The maximum Gasteiger partial charge on any atom is 0.411 e. The topological polar surface area (TPSA) is 38.3 Å². The van der Waals surface area contributed by atoms with E-state index in [1.54, 1.807) is 6.92 Å². The van der Waals surface area contributed by atoms with Crippen molar-refractivity contribution >= 4 is 11.8 Å². The first-order valence-electron chi connectivity index (χ1n) is 7.05. The second kappa shape index (κ2) is 7.17. The largest absolute Gasteiger partial charge is 0.450 e. The Labute approximate surface area is 116 Å². The maximum atomic E-state index is 11.3. The molecule has 0 radical (unpaired) electrons. The highest BCUT2D eigenvalue weighted by atomic mass is 16.5. The second-order valence-corrected chi connectivity index (χ2v) is 5.24. The van der Waals surface area contributed by atoms with Crippen molar-refractivity contribution in [3.05, 3.63) is 29.8 Å². The van der Waals surface area contributed by atoms with Gasteiger partial charge in [-0.2, -0.15) is 0 Å². The molecular weight excluding hydrogens is 238 g/mol. The van der Waals surface area contributed by atoms with Crippen molar-refractivity contribution in [2.75, 3.05) is 11.9 Å². The Balaban J connectivity index is 2.64. The minimum Gasteiger partial charge on any atom is -0.450 e. The van der Waals surface area contributed by atoms with Gasteiger partial charge < -0.3 is 4.74 Å². The van der Waals surface area contributed by atoms with E-state index in [4.69, 9.17) is 4.74 Å². The summed E-state index contributed by atoms with van der Waals surface area (Å²) in [5.74, 6) is 0. The van der Waals surface area contributed by atoms with Gasteiger partial charge >= 0.3 is 6.09 Å². The van der Waals surface area contributed by atoms with Crippen molar-refractivity contribution in [2.24, 2.45) is 5.41 Å². The lowest BCUT2D eigenvalue weighted by Gasteiger charge is -2.26. The number of ether oxygens (including phenoxy) is 1. The molecule has 3 nitrogen and oxygen atoms in total. The van der Waals surface area contributed by atoms with Crippen LogP contribution < -0.4 is 5.32 Å². The van der Waals surface area contributed by atoms with Crippen molar-refractivity contribution in [1.82, 2.24) is 0 Å². The number of anilines is 1. The monoisotopic (exact) mass is 263 g/mol. The predicted molar refractivity (Wildman–Crippen MR) is 79.5 cm³/mol. The van der Waals surface area contributed by atoms with Gasteiger partial charge in [-0.3, -0.25) is 5.32 Å². The Hall–Kier alpha value is -1.51. The minimum absolute atomic E-state index is 0.357. The lowest BCUT2D eigenvalue weighted by Crippen LogP contribution is -2.17. The van der Waals surface area contributed by atoms with E-state index in [0.717, 1.165) is 12.1 Å². The first-order chi connectivity index (χ1) is 9.03. The Bertz CT molecular complexity index is 394. The van der Waals surface area contributed by atoms with Gasteiger partial charge in [0.05, 0.1) is 6.61 Å². The van der Waals surface area contributed by atoms with Crippen LogP contribution in [-0.4, -0.2) is 12.7 Å². The zero-order valence-corrected chi connectivity index (χ0v) is 12.5. The molecule has 19 heavy (non-hydrogen) atoms. The lowest BCUT2D eigenvalue weighted by molar-refractivity contribution is 0.168. The third-order valence-corrected chi connectivity index (χ3v) is 3.81. The molecule has 0 aliphatic heterocycles. The molecule has 0 bridgehead atoms. The van der Waals surface area contributed by atoms with Crippen molar-refractivity contribution in [3.8, 4) is 0 Å². The summed E-state index contributed by atoms with van der Waals surface area (Å²) in [6, 6.07) is 8.01. The third-order valence-electron chi connectivity index (χ3n) is 3.81. The van der Waals surface area contributed by atoms with Crippen LogP contribution in [0.1, 0.15) is 46.1 Å². The molecule has 1 aromatic rings. The molecule has 0 aliphatic carbocycles. The minimum atomic E-state index is -0.401. The molecular formula is C16H25NO2. The average molecular weight is 263 g/mol. The molecule has 0 saturated carbocycles. The van der Waals surface area contributed by atoms with Crippen LogP contribution in [0, 0.1) is 5.41 Å². The van der Waals surface area contributed by atoms with Crippen molar-refractivity contribution in [1.29, 1.82) is 0 Å². The zero-order chi connectivity index (χ0) is 14.3. The van der Waals surface area contributed by atoms with Crippen molar-refractivity contribution in [2.45, 2.75) is 47.0 Å². The molecule has 0 spiro atoms. The Morgan fingerprint density at radius 2 is 1.74 bits per heavy atom. The van der Waals surface area contributed by atoms with Gasteiger partial charge in [-0.1, -0.05) is 45.7 Å². The smallest absolute Gasteiger partial charge is 0.411 e. The van der Waals surface area contributed by atoms with E-state index in [1.165, 1.54) is 18.4 Å². The average Bonchev–Trinajstić information content (AvgIpc) is 2.41. The van der Waals surface area contributed by atoms with Crippen molar-refractivity contribution < 1.29 is 9.53 Å². The van der Waals surface area contributed by atoms with E-state index in [1.807, 2.05) is 12.1 Å². The van der Waals surface area contributed by atoms with E-state index in [-0.39, 0.29) is 0 Å². The van der Waals surface area contributed by atoms with E-state index in [9.17, 15) is 4.79 Å². The number of amides is 1. The van der Waals surface area contributed by atoms with Crippen LogP contribution in [0.4, 0.5) is 10.5 Å². The van der Waals surface area contributed by atoms with Gasteiger partial charge in [0.2, 0.25) is 0 Å². The number of carbonyl (C=O) groups excluding carboxylic acids is 1. The summed E-state index contributed by atoms with van der Waals surface area (Å²) in [6.45, 7) is 8.96. The lowest BCUT2D eigenvalue weighted by atomic mass is 9.79. The summed E-state index contributed by atoms with van der Waals surface area (Å²) in [4.78, 5) is 11.3. The van der Waals surface area contributed by atoms with Crippen molar-refractivity contribution in [3.63, 3.8) is 0 Å². The molecule has 106 valence electrons. The number of carbonyl (C=O) groups is 1. The van der Waals surface area contributed by atoms with Gasteiger partial charge in [0.25, 0.3) is 0 Å². The van der Waals surface area contributed by atoms with Gasteiger partial charge in [-0.05, 0) is 36.5 Å². The highest BCUT2D eigenvalue weighted by molar-refractivity contribution is 5.84. The van der Waals surface area contributed by atoms with E-state index in [0.29, 0.717) is 12.0 Å². The third kappa shape index (κ3) is 4.93. The summed E-state index contributed by atoms with van der Waals surface area (Å²) in [6.07, 6.45) is 3.01. The van der Waals surface area contributed by atoms with Gasteiger partial charge in [0.15, 0.2) is 0 Å². The van der Waals surface area contributed by atoms with Crippen LogP contribution in [0.2, 0.25) is 0 Å². The molecule has 0 saturated heterocycles. The number of hydrogen-bond acceptors (Lipinski definition) is 2. The Kier molecular flexibility index (Phi) is 5.87.